The topological polar surface area (TPSA) is 47.1 Å². The maximum atomic E-state index is 5.66. The standard InChI is InChI=1S/C6H10N4/c1-9-2-3-10-6(9)5(7)4-8-10/h4H,2-3,7H2,1H3. The SMILES string of the molecule is CN1CCn2ncc(N)c21. The fourth-order valence-electron chi connectivity index (χ4n) is 1.33. The molecular weight excluding hydrogens is 128 g/mol. The van der Waals surface area contributed by atoms with Crippen molar-refractivity contribution in [2.45, 2.75) is 6.54 Å². The van der Waals surface area contributed by atoms with Gasteiger partial charge in [-0.1, -0.05) is 0 Å². The largest absolute Gasteiger partial charge is 0.394 e. The van der Waals surface area contributed by atoms with Crippen molar-refractivity contribution in [1.29, 1.82) is 0 Å². The molecular formula is C6H10N4. The van der Waals surface area contributed by atoms with Gasteiger partial charge < -0.3 is 10.6 Å². The molecule has 0 spiro atoms. The van der Waals surface area contributed by atoms with Gasteiger partial charge in [-0.05, 0) is 0 Å². The summed E-state index contributed by atoms with van der Waals surface area (Å²) in [6.45, 7) is 1.98. The molecule has 2 N–H and O–H groups in total. The van der Waals surface area contributed by atoms with E-state index in [0.29, 0.717) is 0 Å². The second-order valence-corrected chi connectivity index (χ2v) is 2.57. The van der Waals surface area contributed by atoms with Crippen LogP contribution in [0.2, 0.25) is 0 Å². The van der Waals surface area contributed by atoms with Crippen molar-refractivity contribution < 1.29 is 0 Å². The van der Waals surface area contributed by atoms with Crippen LogP contribution in [0.15, 0.2) is 6.20 Å². The van der Waals surface area contributed by atoms with Crippen molar-refractivity contribution in [3.8, 4) is 0 Å². The Morgan fingerprint density at radius 1 is 1.60 bits per heavy atom. The lowest BCUT2D eigenvalue weighted by Crippen LogP contribution is -2.13. The number of hydrogen-bond acceptors (Lipinski definition) is 3. The molecule has 2 rings (SSSR count). The molecule has 4 heteroatoms. The summed E-state index contributed by atoms with van der Waals surface area (Å²) in [5.41, 5.74) is 6.44. The molecule has 0 unspecified atom stereocenters. The van der Waals surface area contributed by atoms with Crippen molar-refractivity contribution in [3.63, 3.8) is 0 Å². The Balaban J connectivity index is 2.54. The third kappa shape index (κ3) is 0.531. The Kier molecular flexibility index (Phi) is 0.922. The van der Waals surface area contributed by atoms with Gasteiger partial charge in [-0.2, -0.15) is 5.10 Å². The maximum Gasteiger partial charge on any atom is 0.150 e. The van der Waals surface area contributed by atoms with Crippen molar-refractivity contribution in [2.75, 3.05) is 24.2 Å². The van der Waals surface area contributed by atoms with Crippen LogP contribution in [0.3, 0.4) is 0 Å². The van der Waals surface area contributed by atoms with Crippen LogP contribution in [0.4, 0.5) is 11.5 Å². The fourth-order valence-corrected chi connectivity index (χ4v) is 1.33. The zero-order valence-electron chi connectivity index (χ0n) is 5.91. The number of likely N-dealkylation sites (N-methyl/N-ethyl adjacent to an activating group) is 1. The van der Waals surface area contributed by atoms with E-state index in [9.17, 15) is 0 Å². The van der Waals surface area contributed by atoms with Crippen molar-refractivity contribution in [2.24, 2.45) is 0 Å². The van der Waals surface area contributed by atoms with Gasteiger partial charge in [0.15, 0.2) is 0 Å². The van der Waals surface area contributed by atoms with Crippen LogP contribution in [-0.2, 0) is 6.54 Å². The second kappa shape index (κ2) is 1.65. The summed E-state index contributed by atoms with van der Waals surface area (Å²) in [6.07, 6.45) is 1.70. The average molecular weight is 138 g/mol. The zero-order valence-corrected chi connectivity index (χ0v) is 5.91. The molecule has 0 atom stereocenters. The van der Waals surface area contributed by atoms with E-state index in [2.05, 4.69) is 10.00 Å². The lowest BCUT2D eigenvalue weighted by atomic mass is 10.5. The second-order valence-electron chi connectivity index (χ2n) is 2.57. The van der Waals surface area contributed by atoms with Crippen LogP contribution < -0.4 is 10.6 Å². The molecule has 0 fully saturated rings. The first-order valence-electron chi connectivity index (χ1n) is 3.31. The molecule has 0 saturated heterocycles. The summed E-state index contributed by atoms with van der Waals surface area (Å²) >= 11 is 0. The quantitative estimate of drug-likeness (QED) is 0.545. The lowest BCUT2D eigenvalue weighted by molar-refractivity contribution is 0.691. The van der Waals surface area contributed by atoms with Crippen molar-refractivity contribution in [1.82, 2.24) is 9.78 Å². The van der Waals surface area contributed by atoms with Crippen LogP contribution >= 0.6 is 0 Å². The molecule has 54 valence electrons. The molecule has 2 heterocycles. The van der Waals surface area contributed by atoms with Gasteiger partial charge in [-0.25, -0.2) is 4.68 Å². The number of nitrogens with zero attached hydrogens (tertiary/aromatic N) is 3. The van der Waals surface area contributed by atoms with E-state index in [1.165, 1.54) is 0 Å². The highest BCUT2D eigenvalue weighted by Gasteiger charge is 2.18. The van der Waals surface area contributed by atoms with Gasteiger partial charge in [0.25, 0.3) is 0 Å². The van der Waals surface area contributed by atoms with Gasteiger partial charge in [0, 0.05) is 13.6 Å². The Hall–Kier alpha value is -1.19. The highest BCUT2D eigenvalue weighted by atomic mass is 15.4. The van der Waals surface area contributed by atoms with Gasteiger partial charge in [0.05, 0.1) is 18.4 Å². The predicted molar refractivity (Wildman–Crippen MR) is 39.9 cm³/mol. The van der Waals surface area contributed by atoms with E-state index < -0.39 is 0 Å². The third-order valence-electron chi connectivity index (χ3n) is 1.85. The van der Waals surface area contributed by atoms with E-state index in [-0.39, 0.29) is 0 Å². The molecule has 0 amide bonds. The summed E-state index contributed by atoms with van der Waals surface area (Å²) in [7, 11) is 2.02. The van der Waals surface area contributed by atoms with E-state index >= 15 is 0 Å². The third-order valence-corrected chi connectivity index (χ3v) is 1.85. The molecule has 0 aromatic carbocycles. The van der Waals surface area contributed by atoms with Gasteiger partial charge in [0.1, 0.15) is 5.82 Å². The minimum absolute atomic E-state index is 0.778. The van der Waals surface area contributed by atoms with Gasteiger partial charge >= 0.3 is 0 Å². The Bertz CT molecular complexity index is 252. The fraction of sp³-hybridized carbons (Fsp3) is 0.500. The van der Waals surface area contributed by atoms with Crippen LogP contribution in [0.5, 0.6) is 0 Å². The number of aromatic nitrogens is 2. The number of nitrogens with two attached hydrogens (primary N) is 1. The minimum Gasteiger partial charge on any atom is -0.394 e. The van der Waals surface area contributed by atoms with Crippen molar-refractivity contribution >= 4 is 11.5 Å². The summed E-state index contributed by atoms with van der Waals surface area (Å²) in [4.78, 5) is 2.11. The monoisotopic (exact) mass is 138 g/mol. The summed E-state index contributed by atoms with van der Waals surface area (Å²) < 4.78 is 1.93. The molecule has 1 aromatic rings. The maximum absolute atomic E-state index is 5.66. The number of anilines is 2. The minimum atomic E-state index is 0.778. The molecule has 0 radical (unpaired) electrons. The number of fused-ring (bicyclic) bond motifs is 1. The summed E-state index contributed by atoms with van der Waals surface area (Å²) in [6, 6.07) is 0. The Morgan fingerprint density at radius 2 is 2.40 bits per heavy atom. The Labute approximate surface area is 59.2 Å². The molecule has 0 aliphatic carbocycles. The molecule has 1 aromatic heterocycles. The molecule has 4 nitrogen and oxygen atoms in total. The molecule has 0 saturated carbocycles. The average Bonchev–Trinajstić information content (AvgIpc) is 2.40. The predicted octanol–water partition coefficient (Wildman–Crippen LogP) is -0.0849. The summed E-state index contributed by atoms with van der Waals surface area (Å²) in [5, 5.41) is 4.10. The normalized spacial score (nSPS) is 15.9. The molecule has 10 heavy (non-hydrogen) atoms. The highest BCUT2D eigenvalue weighted by molar-refractivity contribution is 5.63. The van der Waals surface area contributed by atoms with Gasteiger partial charge in [-0.15, -0.1) is 0 Å². The number of hydrogen-bond donors (Lipinski definition) is 1. The van der Waals surface area contributed by atoms with E-state index in [1.54, 1.807) is 6.20 Å². The van der Waals surface area contributed by atoms with Crippen molar-refractivity contribution in [3.05, 3.63) is 6.20 Å². The van der Waals surface area contributed by atoms with Crippen LogP contribution in [-0.4, -0.2) is 23.4 Å². The zero-order chi connectivity index (χ0) is 7.14. The van der Waals surface area contributed by atoms with Crippen LogP contribution in [0.25, 0.3) is 0 Å². The van der Waals surface area contributed by atoms with Crippen LogP contribution in [0.1, 0.15) is 0 Å². The first-order chi connectivity index (χ1) is 4.79. The van der Waals surface area contributed by atoms with E-state index in [0.717, 1.165) is 24.6 Å². The lowest BCUT2D eigenvalue weighted by Gasteiger charge is -2.08. The first kappa shape index (κ1) is 5.58. The first-order valence-corrected chi connectivity index (χ1v) is 3.31. The number of rotatable bonds is 0. The number of nitrogen functional groups attached to an aromatic ring is 1. The Morgan fingerprint density at radius 3 is 3.10 bits per heavy atom. The van der Waals surface area contributed by atoms with E-state index in [1.807, 2.05) is 11.7 Å². The summed E-state index contributed by atoms with van der Waals surface area (Å²) in [5.74, 6) is 1.06. The molecule has 1 aliphatic heterocycles. The highest BCUT2D eigenvalue weighted by Crippen LogP contribution is 2.25. The van der Waals surface area contributed by atoms with Gasteiger partial charge in [0.2, 0.25) is 0 Å². The van der Waals surface area contributed by atoms with Crippen LogP contribution in [0, 0.1) is 0 Å². The van der Waals surface area contributed by atoms with Gasteiger partial charge in [-0.3, -0.25) is 0 Å². The smallest absolute Gasteiger partial charge is 0.150 e. The van der Waals surface area contributed by atoms with E-state index in [4.69, 9.17) is 5.73 Å². The molecule has 0 bridgehead atoms. The molecule has 1 aliphatic rings.